The van der Waals surface area contributed by atoms with Gasteiger partial charge in [-0.25, -0.2) is 4.98 Å². The van der Waals surface area contributed by atoms with Crippen molar-refractivity contribution in [2.24, 2.45) is 0 Å². The lowest BCUT2D eigenvalue weighted by Gasteiger charge is -2.13. The van der Waals surface area contributed by atoms with Crippen molar-refractivity contribution in [2.45, 2.75) is 44.3 Å². The molecule has 0 aliphatic heterocycles. The Labute approximate surface area is 108 Å². The van der Waals surface area contributed by atoms with Gasteiger partial charge in [0.25, 0.3) is 0 Å². The number of hydrogen-bond donors (Lipinski definition) is 2. The second-order valence-electron chi connectivity index (χ2n) is 4.24. The summed E-state index contributed by atoms with van der Waals surface area (Å²) in [5, 5.41) is 12.9. The van der Waals surface area contributed by atoms with Crippen LogP contribution < -0.4 is 5.32 Å². The summed E-state index contributed by atoms with van der Waals surface area (Å²) in [5.74, 6) is 1.83. The number of nitrogens with zero attached hydrogens (tertiary/aromatic N) is 1. The van der Waals surface area contributed by atoms with E-state index in [4.69, 9.17) is 0 Å². The first-order valence-corrected chi connectivity index (χ1v) is 7.16. The van der Waals surface area contributed by atoms with Crippen LogP contribution in [0.5, 0.6) is 0 Å². The molecular formula is C13H22N2OS. The molecule has 1 heterocycles. The van der Waals surface area contributed by atoms with Crippen molar-refractivity contribution < 1.29 is 5.11 Å². The van der Waals surface area contributed by atoms with E-state index < -0.39 is 0 Å². The van der Waals surface area contributed by atoms with Crippen LogP contribution >= 0.6 is 11.8 Å². The molecule has 0 bridgehead atoms. The molecule has 4 heteroatoms. The van der Waals surface area contributed by atoms with Crippen LogP contribution in [0.3, 0.4) is 0 Å². The van der Waals surface area contributed by atoms with E-state index in [1.807, 2.05) is 26.1 Å². The van der Waals surface area contributed by atoms with E-state index in [0.29, 0.717) is 0 Å². The van der Waals surface area contributed by atoms with E-state index in [1.165, 1.54) is 5.56 Å². The molecule has 0 radical (unpaired) electrons. The number of pyridine rings is 1. The second-order valence-corrected chi connectivity index (χ2v) is 5.60. The van der Waals surface area contributed by atoms with Crippen molar-refractivity contribution in [3.63, 3.8) is 0 Å². The summed E-state index contributed by atoms with van der Waals surface area (Å²) in [5.41, 5.74) is 1.20. The molecule has 0 fully saturated rings. The Morgan fingerprint density at radius 3 is 2.71 bits per heavy atom. The van der Waals surface area contributed by atoms with Gasteiger partial charge in [-0.15, -0.1) is 0 Å². The zero-order chi connectivity index (χ0) is 12.7. The minimum atomic E-state index is -0.265. The standard InChI is InChI=1S/C13H22N2OS/c1-4-7-14-13-6-5-12(8-15-13)9-17-11(3)10(2)16/h5-6,8,10-11,16H,4,7,9H2,1-3H3,(H,14,15). The normalized spacial score (nSPS) is 14.4. The highest BCUT2D eigenvalue weighted by molar-refractivity contribution is 7.99. The summed E-state index contributed by atoms with van der Waals surface area (Å²) < 4.78 is 0. The van der Waals surface area contributed by atoms with Gasteiger partial charge in [-0.1, -0.05) is 19.9 Å². The van der Waals surface area contributed by atoms with Crippen LogP contribution in [-0.2, 0) is 5.75 Å². The molecule has 0 spiro atoms. The van der Waals surface area contributed by atoms with E-state index in [2.05, 4.69) is 23.3 Å². The maximum atomic E-state index is 9.39. The maximum absolute atomic E-state index is 9.39. The number of aliphatic hydroxyl groups excluding tert-OH is 1. The number of hydrogen-bond acceptors (Lipinski definition) is 4. The van der Waals surface area contributed by atoms with Gasteiger partial charge in [-0.3, -0.25) is 0 Å². The average molecular weight is 254 g/mol. The van der Waals surface area contributed by atoms with Gasteiger partial charge in [0.05, 0.1) is 6.10 Å². The van der Waals surface area contributed by atoms with Crippen molar-refractivity contribution in [1.82, 2.24) is 4.98 Å². The van der Waals surface area contributed by atoms with Gasteiger partial charge in [0.2, 0.25) is 0 Å². The highest BCUT2D eigenvalue weighted by Crippen LogP contribution is 2.20. The molecule has 2 atom stereocenters. The Bertz CT molecular complexity index is 314. The van der Waals surface area contributed by atoms with Crippen LogP contribution in [-0.4, -0.2) is 28.0 Å². The molecule has 17 heavy (non-hydrogen) atoms. The predicted molar refractivity (Wildman–Crippen MR) is 75.5 cm³/mol. The van der Waals surface area contributed by atoms with Crippen molar-refractivity contribution >= 4 is 17.6 Å². The fourth-order valence-electron chi connectivity index (χ4n) is 1.23. The van der Waals surface area contributed by atoms with Crippen molar-refractivity contribution in [2.75, 3.05) is 11.9 Å². The molecule has 0 aliphatic carbocycles. The third-order valence-corrected chi connectivity index (χ3v) is 3.99. The molecule has 0 aromatic carbocycles. The number of rotatable bonds is 7. The van der Waals surface area contributed by atoms with Crippen LogP contribution in [0.4, 0.5) is 5.82 Å². The summed E-state index contributed by atoms with van der Waals surface area (Å²) in [7, 11) is 0. The first kappa shape index (κ1) is 14.3. The van der Waals surface area contributed by atoms with E-state index in [0.717, 1.165) is 24.5 Å². The van der Waals surface area contributed by atoms with Crippen molar-refractivity contribution in [3.05, 3.63) is 23.9 Å². The zero-order valence-corrected chi connectivity index (χ0v) is 11.6. The quantitative estimate of drug-likeness (QED) is 0.785. The highest BCUT2D eigenvalue weighted by Gasteiger charge is 2.09. The van der Waals surface area contributed by atoms with Crippen molar-refractivity contribution in [3.8, 4) is 0 Å². The Morgan fingerprint density at radius 1 is 1.41 bits per heavy atom. The number of nitrogens with one attached hydrogen (secondary N) is 1. The summed E-state index contributed by atoms with van der Waals surface area (Å²) in [6.45, 7) is 6.96. The minimum Gasteiger partial charge on any atom is -0.392 e. The zero-order valence-electron chi connectivity index (χ0n) is 10.8. The molecule has 0 saturated carbocycles. The van der Waals surface area contributed by atoms with Gasteiger partial charge in [0.15, 0.2) is 0 Å². The Morgan fingerprint density at radius 2 is 2.18 bits per heavy atom. The second kappa shape index (κ2) is 7.56. The first-order chi connectivity index (χ1) is 8.13. The number of aliphatic hydroxyl groups is 1. The third kappa shape index (κ3) is 5.41. The fraction of sp³-hybridized carbons (Fsp3) is 0.615. The molecule has 0 amide bonds. The lowest BCUT2D eigenvalue weighted by molar-refractivity contribution is 0.196. The number of thioether (sulfide) groups is 1. The van der Waals surface area contributed by atoms with E-state index in [9.17, 15) is 5.11 Å². The van der Waals surface area contributed by atoms with Crippen LogP contribution in [0.15, 0.2) is 18.3 Å². The molecule has 0 saturated heterocycles. The largest absolute Gasteiger partial charge is 0.392 e. The Balaban J connectivity index is 2.40. The minimum absolute atomic E-state index is 0.257. The number of anilines is 1. The van der Waals surface area contributed by atoms with E-state index in [1.54, 1.807) is 11.8 Å². The van der Waals surface area contributed by atoms with Gasteiger partial charge in [0.1, 0.15) is 5.82 Å². The van der Waals surface area contributed by atoms with Crippen LogP contribution in [0, 0.1) is 0 Å². The SMILES string of the molecule is CCCNc1ccc(CSC(C)C(C)O)cn1. The summed E-state index contributed by atoms with van der Waals surface area (Å²) in [6.07, 6.45) is 2.74. The third-order valence-electron chi connectivity index (χ3n) is 2.57. The highest BCUT2D eigenvalue weighted by atomic mass is 32.2. The van der Waals surface area contributed by atoms with Gasteiger partial charge < -0.3 is 10.4 Å². The van der Waals surface area contributed by atoms with Crippen LogP contribution in [0.2, 0.25) is 0 Å². The Kier molecular flexibility index (Phi) is 6.37. The van der Waals surface area contributed by atoms with E-state index in [-0.39, 0.29) is 11.4 Å². The first-order valence-electron chi connectivity index (χ1n) is 6.12. The fourth-order valence-corrected chi connectivity index (χ4v) is 2.14. The molecular weight excluding hydrogens is 232 g/mol. The van der Waals surface area contributed by atoms with E-state index >= 15 is 0 Å². The molecule has 1 rings (SSSR count). The summed E-state index contributed by atoms with van der Waals surface area (Å²) >= 11 is 1.75. The monoisotopic (exact) mass is 254 g/mol. The molecule has 1 aromatic rings. The molecule has 1 aromatic heterocycles. The molecule has 96 valence electrons. The topological polar surface area (TPSA) is 45.1 Å². The molecule has 0 aliphatic rings. The van der Waals surface area contributed by atoms with Gasteiger partial charge in [-0.05, 0) is 25.0 Å². The smallest absolute Gasteiger partial charge is 0.125 e. The lowest BCUT2D eigenvalue weighted by atomic mass is 10.3. The van der Waals surface area contributed by atoms with Gasteiger partial charge in [-0.2, -0.15) is 11.8 Å². The number of aromatic nitrogens is 1. The molecule has 2 N–H and O–H groups in total. The van der Waals surface area contributed by atoms with Crippen molar-refractivity contribution in [1.29, 1.82) is 0 Å². The van der Waals surface area contributed by atoms with Gasteiger partial charge >= 0.3 is 0 Å². The molecule has 3 nitrogen and oxygen atoms in total. The summed E-state index contributed by atoms with van der Waals surface area (Å²) in [4.78, 5) is 4.35. The lowest BCUT2D eigenvalue weighted by Crippen LogP contribution is -2.15. The van der Waals surface area contributed by atoms with Gasteiger partial charge in [0, 0.05) is 23.7 Å². The van der Waals surface area contributed by atoms with Crippen LogP contribution in [0.25, 0.3) is 0 Å². The maximum Gasteiger partial charge on any atom is 0.125 e. The van der Waals surface area contributed by atoms with Crippen LogP contribution in [0.1, 0.15) is 32.8 Å². The predicted octanol–water partition coefficient (Wildman–Crippen LogP) is 2.91. The summed E-state index contributed by atoms with van der Waals surface area (Å²) in [6, 6.07) is 4.10. The average Bonchev–Trinajstić information content (AvgIpc) is 2.34. The Hall–Kier alpha value is -0.740. The molecule has 2 unspecified atom stereocenters.